The van der Waals surface area contributed by atoms with E-state index < -0.39 is 0 Å². The first kappa shape index (κ1) is 12.4. The summed E-state index contributed by atoms with van der Waals surface area (Å²) in [6.07, 6.45) is 3.22. The van der Waals surface area contributed by atoms with Crippen molar-refractivity contribution in [2.75, 3.05) is 0 Å². The summed E-state index contributed by atoms with van der Waals surface area (Å²) >= 11 is 9.31. The van der Waals surface area contributed by atoms with Gasteiger partial charge in [0.05, 0.1) is 11.2 Å². The van der Waals surface area contributed by atoms with Gasteiger partial charge >= 0.3 is 0 Å². The predicted molar refractivity (Wildman–Crippen MR) is 73.1 cm³/mol. The molecule has 0 bridgehead atoms. The Morgan fingerprint density at radius 2 is 2.12 bits per heavy atom. The highest BCUT2D eigenvalue weighted by Gasteiger charge is 2.05. The first-order valence-electron chi connectivity index (χ1n) is 5.13. The van der Waals surface area contributed by atoms with E-state index in [9.17, 15) is 0 Å². The van der Waals surface area contributed by atoms with Crippen LogP contribution >= 0.6 is 27.5 Å². The van der Waals surface area contributed by atoms with Gasteiger partial charge in [0.2, 0.25) is 0 Å². The number of hydrogen-bond donors (Lipinski definition) is 0. The van der Waals surface area contributed by atoms with Gasteiger partial charge < -0.3 is 4.74 Å². The first-order valence-corrected chi connectivity index (χ1v) is 6.63. The summed E-state index contributed by atoms with van der Waals surface area (Å²) in [5.74, 6) is 1.46. The van der Waals surface area contributed by atoms with Gasteiger partial charge in [0.25, 0.3) is 0 Å². The van der Waals surface area contributed by atoms with Crippen LogP contribution in [0.4, 0.5) is 0 Å². The number of nitrogens with zero attached hydrogens (tertiary/aromatic N) is 1. The Balaban J connectivity index is 2.29. The fourth-order valence-electron chi connectivity index (χ4n) is 1.49. The number of rotatable bonds is 3. The van der Waals surface area contributed by atoms with Crippen molar-refractivity contribution in [3.63, 3.8) is 0 Å². The molecule has 0 aliphatic rings. The van der Waals surface area contributed by atoms with E-state index in [-0.39, 0.29) is 0 Å². The number of aryl methyl sites for hydroxylation is 1. The molecule has 0 radical (unpaired) electrons. The molecule has 1 heterocycles. The third-order valence-corrected chi connectivity index (χ3v) is 3.08. The number of ether oxygens (including phenoxy) is 1. The van der Waals surface area contributed by atoms with Gasteiger partial charge in [-0.3, -0.25) is 4.98 Å². The molecule has 0 saturated heterocycles. The summed E-state index contributed by atoms with van der Waals surface area (Å²) in [5, 5.41) is 1.31. The first-order chi connectivity index (χ1) is 8.19. The van der Waals surface area contributed by atoms with E-state index in [0.717, 1.165) is 16.6 Å². The fourth-order valence-corrected chi connectivity index (χ4v) is 2.09. The summed E-state index contributed by atoms with van der Waals surface area (Å²) in [7, 11) is 0. The Bertz CT molecular complexity index is 531. The average Bonchev–Trinajstić information content (AvgIpc) is 2.31. The normalized spacial score (nSPS) is 10.3. The molecule has 0 spiro atoms. The highest BCUT2D eigenvalue weighted by molar-refractivity contribution is 9.08. The smallest absolute Gasteiger partial charge is 0.147 e. The molecule has 0 N–H and O–H groups in total. The van der Waals surface area contributed by atoms with Crippen LogP contribution in [0.25, 0.3) is 0 Å². The van der Waals surface area contributed by atoms with E-state index in [1.807, 2.05) is 12.1 Å². The van der Waals surface area contributed by atoms with Crippen molar-refractivity contribution < 1.29 is 4.74 Å². The molecular weight excluding hydrogens is 302 g/mol. The van der Waals surface area contributed by atoms with Crippen molar-refractivity contribution in [3.8, 4) is 11.5 Å². The van der Waals surface area contributed by atoms with Crippen LogP contribution < -0.4 is 4.74 Å². The van der Waals surface area contributed by atoms with E-state index in [4.69, 9.17) is 16.3 Å². The molecule has 1 aromatic carbocycles. The van der Waals surface area contributed by atoms with E-state index in [2.05, 4.69) is 33.9 Å². The third-order valence-electron chi connectivity index (χ3n) is 2.27. The van der Waals surface area contributed by atoms with Crippen LogP contribution in [0.15, 0.2) is 36.7 Å². The van der Waals surface area contributed by atoms with Gasteiger partial charge in [0, 0.05) is 23.2 Å². The van der Waals surface area contributed by atoms with Crippen LogP contribution in [0, 0.1) is 6.92 Å². The van der Waals surface area contributed by atoms with Crippen molar-refractivity contribution in [1.29, 1.82) is 0 Å². The quantitative estimate of drug-likeness (QED) is 0.764. The Morgan fingerprint density at radius 3 is 2.82 bits per heavy atom. The minimum Gasteiger partial charge on any atom is -0.455 e. The van der Waals surface area contributed by atoms with Crippen LogP contribution in [-0.4, -0.2) is 4.98 Å². The summed E-state index contributed by atoms with van der Waals surface area (Å²) in [6.45, 7) is 2.05. The van der Waals surface area contributed by atoms with Gasteiger partial charge in [0.15, 0.2) is 0 Å². The van der Waals surface area contributed by atoms with Crippen molar-refractivity contribution in [2.24, 2.45) is 0 Å². The van der Waals surface area contributed by atoms with Crippen LogP contribution in [0.2, 0.25) is 5.02 Å². The Kier molecular flexibility index (Phi) is 4.02. The van der Waals surface area contributed by atoms with Crippen molar-refractivity contribution >= 4 is 27.5 Å². The molecule has 2 rings (SSSR count). The number of hydrogen-bond acceptors (Lipinski definition) is 2. The summed E-state index contributed by atoms with van der Waals surface area (Å²) < 4.78 is 5.76. The van der Waals surface area contributed by atoms with Crippen LogP contribution in [0.3, 0.4) is 0 Å². The minimum atomic E-state index is 0.565. The second kappa shape index (κ2) is 5.52. The second-order valence-corrected chi connectivity index (χ2v) is 4.68. The van der Waals surface area contributed by atoms with Crippen molar-refractivity contribution in [2.45, 2.75) is 12.3 Å². The maximum Gasteiger partial charge on any atom is 0.147 e. The maximum absolute atomic E-state index is 5.86. The average molecular weight is 313 g/mol. The Hall–Kier alpha value is -1.06. The minimum absolute atomic E-state index is 0.565. The van der Waals surface area contributed by atoms with Gasteiger partial charge in [-0.1, -0.05) is 45.2 Å². The van der Waals surface area contributed by atoms with Crippen LogP contribution in [0.5, 0.6) is 11.5 Å². The molecule has 0 aliphatic heterocycles. The lowest BCUT2D eigenvalue weighted by molar-refractivity contribution is 0.476. The monoisotopic (exact) mass is 311 g/mol. The summed E-state index contributed by atoms with van der Waals surface area (Å²) in [6, 6.07) is 7.79. The third kappa shape index (κ3) is 3.20. The molecule has 0 amide bonds. The number of alkyl halides is 1. The highest BCUT2D eigenvalue weighted by atomic mass is 79.9. The molecule has 88 valence electrons. The fraction of sp³-hybridized carbons (Fsp3) is 0.154. The number of pyridine rings is 1. The Labute approximate surface area is 114 Å². The lowest BCUT2D eigenvalue weighted by atomic mass is 10.1. The molecule has 0 atom stereocenters. The van der Waals surface area contributed by atoms with E-state index in [1.165, 1.54) is 5.56 Å². The van der Waals surface area contributed by atoms with E-state index in [0.29, 0.717) is 10.8 Å². The molecule has 0 unspecified atom stereocenters. The van der Waals surface area contributed by atoms with Gasteiger partial charge in [0.1, 0.15) is 11.5 Å². The topological polar surface area (TPSA) is 22.1 Å². The molecule has 0 aliphatic carbocycles. The van der Waals surface area contributed by atoms with Crippen molar-refractivity contribution in [3.05, 3.63) is 52.8 Å². The number of halogens is 2. The molecule has 2 nitrogen and oxygen atoms in total. The highest BCUT2D eigenvalue weighted by Crippen LogP contribution is 2.28. The zero-order chi connectivity index (χ0) is 12.3. The summed E-state index contributed by atoms with van der Waals surface area (Å²) in [4.78, 5) is 3.98. The van der Waals surface area contributed by atoms with Crippen molar-refractivity contribution in [1.82, 2.24) is 4.98 Å². The molecule has 4 heteroatoms. The number of benzene rings is 1. The zero-order valence-electron chi connectivity index (χ0n) is 9.28. The molecule has 0 fully saturated rings. The van der Waals surface area contributed by atoms with Gasteiger partial charge in [-0.05, 0) is 13.0 Å². The van der Waals surface area contributed by atoms with Crippen LogP contribution in [-0.2, 0) is 5.33 Å². The largest absolute Gasteiger partial charge is 0.455 e. The van der Waals surface area contributed by atoms with E-state index >= 15 is 0 Å². The molecule has 0 saturated carbocycles. The SMILES string of the molecule is Cc1ccc(Oc2cncc(Cl)c2)c(CBr)c1. The maximum atomic E-state index is 5.86. The standard InChI is InChI=1S/C13H11BrClNO/c1-9-2-3-13(10(4-9)6-14)17-12-5-11(15)7-16-8-12/h2-5,7-8H,6H2,1H3. The van der Waals surface area contributed by atoms with Gasteiger partial charge in [-0.15, -0.1) is 0 Å². The lowest BCUT2D eigenvalue weighted by Gasteiger charge is -2.10. The lowest BCUT2D eigenvalue weighted by Crippen LogP contribution is -1.91. The summed E-state index contributed by atoms with van der Waals surface area (Å²) in [5.41, 5.74) is 2.31. The molecule has 1 aromatic heterocycles. The number of aromatic nitrogens is 1. The second-order valence-electron chi connectivity index (χ2n) is 3.69. The van der Waals surface area contributed by atoms with Gasteiger partial charge in [-0.2, -0.15) is 0 Å². The molecular formula is C13H11BrClNO. The Morgan fingerprint density at radius 1 is 1.29 bits per heavy atom. The predicted octanol–water partition coefficient (Wildman–Crippen LogP) is 4.73. The van der Waals surface area contributed by atoms with E-state index in [1.54, 1.807) is 18.5 Å². The zero-order valence-corrected chi connectivity index (χ0v) is 11.6. The van der Waals surface area contributed by atoms with Gasteiger partial charge in [-0.25, -0.2) is 0 Å². The van der Waals surface area contributed by atoms with Crippen LogP contribution in [0.1, 0.15) is 11.1 Å². The molecule has 2 aromatic rings. The molecule has 17 heavy (non-hydrogen) atoms.